The highest BCUT2D eigenvalue weighted by Gasteiger charge is 2.42. The monoisotopic (exact) mass is 334 g/mol. The van der Waals surface area contributed by atoms with Gasteiger partial charge in [-0.15, -0.1) is 0 Å². The zero-order valence-corrected chi connectivity index (χ0v) is 14.5. The Morgan fingerprint density at radius 3 is 2.96 bits per heavy atom. The van der Waals surface area contributed by atoms with E-state index in [1.165, 1.54) is 24.8 Å². The molecule has 3 fully saturated rings. The first-order valence-electron chi connectivity index (χ1n) is 8.92. The molecule has 0 spiro atoms. The summed E-state index contributed by atoms with van der Waals surface area (Å²) in [7, 11) is 0. The number of carbonyl (C=O) groups is 1. The lowest BCUT2D eigenvalue weighted by Crippen LogP contribution is -2.42. The summed E-state index contributed by atoms with van der Waals surface area (Å²) in [6.45, 7) is 6.05. The molecule has 3 aliphatic heterocycles. The molecule has 3 aliphatic rings. The number of fused-ring (bicyclic) bond motifs is 1. The maximum atomic E-state index is 12.4. The van der Waals surface area contributed by atoms with Crippen LogP contribution in [0, 0.1) is 11.8 Å². The number of thiophene rings is 1. The van der Waals surface area contributed by atoms with E-state index in [9.17, 15) is 4.79 Å². The number of hydrogen-bond acceptors (Lipinski definition) is 4. The molecule has 1 amide bonds. The fraction of sp³-hybridized carbons (Fsp3) is 0.722. The molecule has 1 aromatic heterocycles. The Balaban J connectivity index is 1.30. The van der Waals surface area contributed by atoms with Gasteiger partial charge in [-0.3, -0.25) is 9.69 Å². The molecular weight excluding hydrogens is 308 g/mol. The summed E-state index contributed by atoms with van der Waals surface area (Å²) in [5.41, 5.74) is 1.42. The number of piperidine rings is 1. The quantitative estimate of drug-likeness (QED) is 0.848. The minimum absolute atomic E-state index is 0.163. The molecule has 0 aromatic carbocycles. The van der Waals surface area contributed by atoms with E-state index < -0.39 is 0 Å². The van der Waals surface area contributed by atoms with Crippen molar-refractivity contribution in [2.75, 3.05) is 32.8 Å². The first-order valence-corrected chi connectivity index (χ1v) is 9.86. The van der Waals surface area contributed by atoms with Gasteiger partial charge in [-0.25, -0.2) is 0 Å². The van der Waals surface area contributed by atoms with Gasteiger partial charge in [-0.1, -0.05) is 0 Å². The van der Waals surface area contributed by atoms with Crippen molar-refractivity contribution in [3.8, 4) is 0 Å². The Labute approximate surface area is 142 Å². The van der Waals surface area contributed by atoms with Crippen LogP contribution in [0.5, 0.6) is 0 Å². The first kappa shape index (κ1) is 15.6. The average molecular weight is 334 g/mol. The Bertz CT molecular complexity index is 527. The van der Waals surface area contributed by atoms with E-state index in [1.807, 2.05) is 4.90 Å². The van der Waals surface area contributed by atoms with Crippen LogP contribution >= 0.6 is 11.3 Å². The zero-order chi connectivity index (χ0) is 15.6. The number of amides is 1. The molecule has 0 bridgehead atoms. The smallest absolute Gasteiger partial charge is 0.225 e. The van der Waals surface area contributed by atoms with Crippen LogP contribution in [0.15, 0.2) is 16.8 Å². The molecule has 0 saturated carbocycles. The second-order valence-corrected chi connectivity index (χ2v) is 8.02. The highest BCUT2D eigenvalue weighted by Crippen LogP contribution is 2.36. The maximum absolute atomic E-state index is 12.4. The van der Waals surface area contributed by atoms with Crippen LogP contribution in [-0.2, 0) is 16.1 Å². The predicted molar refractivity (Wildman–Crippen MR) is 91.4 cm³/mol. The van der Waals surface area contributed by atoms with Crippen molar-refractivity contribution in [3.63, 3.8) is 0 Å². The Morgan fingerprint density at radius 1 is 1.30 bits per heavy atom. The van der Waals surface area contributed by atoms with E-state index in [2.05, 4.69) is 21.7 Å². The largest absolute Gasteiger partial charge is 0.377 e. The van der Waals surface area contributed by atoms with E-state index in [0.717, 1.165) is 39.3 Å². The van der Waals surface area contributed by atoms with Gasteiger partial charge in [0.1, 0.15) is 0 Å². The van der Waals surface area contributed by atoms with Crippen molar-refractivity contribution >= 4 is 17.2 Å². The van der Waals surface area contributed by atoms with Gasteiger partial charge in [0, 0.05) is 32.1 Å². The Hall–Kier alpha value is -0.910. The van der Waals surface area contributed by atoms with Gasteiger partial charge >= 0.3 is 0 Å². The number of hydrogen-bond donors (Lipinski definition) is 0. The summed E-state index contributed by atoms with van der Waals surface area (Å²) in [6, 6.07) is 2.22. The molecule has 0 aliphatic carbocycles. The third-order valence-electron chi connectivity index (χ3n) is 5.70. The molecule has 3 saturated heterocycles. The second-order valence-electron chi connectivity index (χ2n) is 7.24. The van der Waals surface area contributed by atoms with Crippen molar-refractivity contribution in [2.45, 2.75) is 38.3 Å². The maximum Gasteiger partial charge on any atom is 0.225 e. The van der Waals surface area contributed by atoms with E-state index in [1.54, 1.807) is 11.3 Å². The summed E-state index contributed by atoms with van der Waals surface area (Å²) in [5.74, 6) is 1.51. The van der Waals surface area contributed by atoms with Gasteiger partial charge in [0.15, 0.2) is 0 Å². The van der Waals surface area contributed by atoms with Gasteiger partial charge in [0.2, 0.25) is 5.91 Å². The Kier molecular flexibility index (Phi) is 4.69. The third kappa shape index (κ3) is 3.47. The van der Waals surface area contributed by atoms with Gasteiger partial charge in [-0.2, -0.15) is 11.3 Å². The summed E-state index contributed by atoms with van der Waals surface area (Å²) >= 11 is 1.77. The summed E-state index contributed by atoms with van der Waals surface area (Å²) in [4.78, 5) is 17.0. The lowest BCUT2D eigenvalue weighted by atomic mass is 9.83. The summed E-state index contributed by atoms with van der Waals surface area (Å²) < 4.78 is 6.04. The SMILES string of the molecule is O=C(C[C@H]1OC[C@H]2CN(Cc3ccsc3)CC[C@H]21)N1CCCC1. The lowest BCUT2D eigenvalue weighted by Gasteiger charge is -2.35. The average Bonchev–Trinajstić information content (AvgIpc) is 3.28. The molecule has 0 N–H and O–H groups in total. The number of nitrogens with zero attached hydrogens (tertiary/aromatic N) is 2. The zero-order valence-electron chi connectivity index (χ0n) is 13.7. The molecule has 4 rings (SSSR count). The van der Waals surface area contributed by atoms with Crippen LogP contribution in [0.25, 0.3) is 0 Å². The number of carbonyl (C=O) groups excluding carboxylic acids is 1. The van der Waals surface area contributed by atoms with Crippen molar-refractivity contribution in [3.05, 3.63) is 22.4 Å². The predicted octanol–water partition coefficient (Wildman–Crippen LogP) is 2.60. The first-order chi connectivity index (χ1) is 11.3. The molecule has 0 unspecified atom stereocenters. The van der Waals surface area contributed by atoms with Gasteiger partial charge in [-0.05, 0) is 54.1 Å². The Morgan fingerprint density at radius 2 is 2.17 bits per heavy atom. The van der Waals surface area contributed by atoms with Gasteiger partial charge in [0.05, 0.1) is 19.1 Å². The highest BCUT2D eigenvalue weighted by atomic mass is 32.1. The molecule has 4 heterocycles. The van der Waals surface area contributed by atoms with Crippen LogP contribution in [0.3, 0.4) is 0 Å². The molecule has 5 heteroatoms. The highest BCUT2D eigenvalue weighted by molar-refractivity contribution is 7.07. The molecule has 4 nitrogen and oxygen atoms in total. The number of likely N-dealkylation sites (tertiary alicyclic amines) is 2. The number of rotatable bonds is 4. The minimum Gasteiger partial charge on any atom is -0.377 e. The van der Waals surface area contributed by atoms with Gasteiger partial charge < -0.3 is 9.64 Å². The van der Waals surface area contributed by atoms with E-state index in [4.69, 9.17) is 4.74 Å². The van der Waals surface area contributed by atoms with Crippen molar-refractivity contribution in [1.29, 1.82) is 0 Å². The van der Waals surface area contributed by atoms with E-state index in [-0.39, 0.29) is 6.10 Å². The topological polar surface area (TPSA) is 32.8 Å². The molecule has 0 radical (unpaired) electrons. The van der Waals surface area contributed by atoms with Crippen LogP contribution in [-0.4, -0.2) is 54.6 Å². The second kappa shape index (κ2) is 6.91. The van der Waals surface area contributed by atoms with E-state index >= 15 is 0 Å². The molecule has 3 atom stereocenters. The van der Waals surface area contributed by atoms with Crippen LogP contribution < -0.4 is 0 Å². The van der Waals surface area contributed by atoms with Crippen molar-refractivity contribution in [1.82, 2.24) is 9.80 Å². The number of ether oxygens (including phenoxy) is 1. The standard InChI is InChI=1S/C18H26N2O2S/c21-18(20-5-1-2-6-20)9-17-16-3-7-19(11-15(16)12-22-17)10-14-4-8-23-13-14/h4,8,13,15-17H,1-3,5-7,9-12H2/t15-,16-,17-/m1/s1. The van der Waals surface area contributed by atoms with Crippen molar-refractivity contribution in [2.24, 2.45) is 11.8 Å². The normalized spacial score (nSPS) is 31.5. The molecule has 23 heavy (non-hydrogen) atoms. The fourth-order valence-electron chi connectivity index (χ4n) is 4.42. The minimum atomic E-state index is 0.163. The third-order valence-corrected chi connectivity index (χ3v) is 6.43. The molecule has 1 aromatic rings. The molecular formula is C18H26N2O2S. The van der Waals surface area contributed by atoms with E-state index in [0.29, 0.717) is 24.2 Å². The fourth-order valence-corrected chi connectivity index (χ4v) is 5.08. The van der Waals surface area contributed by atoms with Crippen LogP contribution in [0.2, 0.25) is 0 Å². The summed E-state index contributed by atoms with van der Waals surface area (Å²) in [6.07, 6.45) is 4.27. The molecule has 126 valence electrons. The van der Waals surface area contributed by atoms with Crippen LogP contribution in [0.4, 0.5) is 0 Å². The summed E-state index contributed by atoms with van der Waals surface area (Å²) in [5, 5.41) is 4.40. The lowest BCUT2D eigenvalue weighted by molar-refractivity contribution is -0.133. The van der Waals surface area contributed by atoms with Crippen LogP contribution in [0.1, 0.15) is 31.2 Å². The van der Waals surface area contributed by atoms with Gasteiger partial charge in [0.25, 0.3) is 0 Å². The van der Waals surface area contributed by atoms with Crippen molar-refractivity contribution < 1.29 is 9.53 Å².